The van der Waals surface area contributed by atoms with Crippen LogP contribution in [-0.2, 0) is 0 Å². The van der Waals surface area contributed by atoms with Crippen molar-refractivity contribution in [3.05, 3.63) is 24.3 Å². The van der Waals surface area contributed by atoms with Gasteiger partial charge in [-0.05, 0) is 24.4 Å². The summed E-state index contributed by atoms with van der Waals surface area (Å²) < 4.78 is 42.0. The molecule has 0 N–H and O–H groups in total. The first-order valence-corrected chi connectivity index (χ1v) is 4.90. The van der Waals surface area contributed by atoms with Crippen LogP contribution in [0.2, 0.25) is 0 Å². The fraction of sp³-hybridized carbons (Fsp3) is 0.222. The number of ether oxygens (including phenoxy) is 1. The molecule has 0 aliphatic rings. The van der Waals surface area contributed by atoms with Gasteiger partial charge in [-0.15, -0.1) is 5.46 Å². The molecule has 0 bridgehead atoms. The van der Waals surface area contributed by atoms with Crippen LogP contribution in [0.3, 0.4) is 0 Å². The average Bonchev–Trinajstić information content (AvgIpc) is 2.17. The van der Waals surface area contributed by atoms with E-state index in [1.807, 2.05) is 0 Å². The monoisotopic (exact) mass is 248 g/mol. The molecular formula is C9H10BF3NOS-. The lowest BCUT2D eigenvalue weighted by atomic mass is 9.80. The summed E-state index contributed by atoms with van der Waals surface area (Å²) in [6.45, 7) is -4.96. The smallest absolute Gasteiger partial charge is 0.445 e. The van der Waals surface area contributed by atoms with E-state index >= 15 is 0 Å². The summed E-state index contributed by atoms with van der Waals surface area (Å²) in [7, 11) is 3.38. The van der Waals surface area contributed by atoms with E-state index in [2.05, 4.69) is 0 Å². The third-order valence-electron chi connectivity index (χ3n) is 1.83. The van der Waals surface area contributed by atoms with Crippen LogP contribution in [0.25, 0.3) is 0 Å². The van der Waals surface area contributed by atoms with Crippen molar-refractivity contribution < 1.29 is 17.7 Å². The van der Waals surface area contributed by atoms with Crippen molar-refractivity contribution in [3.63, 3.8) is 0 Å². The quantitative estimate of drug-likeness (QED) is 0.586. The topological polar surface area (TPSA) is 12.5 Å². The van der Waals surface area contributed by atoms with Crippen molar-refractivity contribution in [3.8, 4) is 5.75 Å². The highest BCUT2D eigenvalue weighted by atomic mass is 32.1. The highest BCUT2D eigenvalue weighted by Gasteiger charge is 2.25. The van der Waals surface area contributed by atoms with Gasteiger partial charge in [0.1, 0.15) is 5.75 Å². The molecule has 0 atom stereocenters. The molecule has 7 heteroatoms. The van der Waals surface area contributed by atoms with E-state index in [0.29, 0.717) is 5.75 Å². The van der Waals surface area contributed by atoms with Gasteiger partial charge in [0.2, 0.25) is 0 Å². The molecule has 88 valence electrons. The lowest BCUT2D eigenvalue weighted by Gasteiger charge is -2.17. The summed E-state index contributed by atoms with van der Waals surface area (Å²) in [5.74, 6) is 0.294. The summed E-state index contributed by atoms with van der Waals surface area (Å²) in [5.41, 5.74) is -0.650. The standard InChI is InChI=1S/C9H10BF3NOS/c1-14(2)9(16)15-8-5-3-7(4-6-8)10(11,12)13/h3-6H,1-2H3/q-1. The normalized spacial score (nSPS) is 11.1. The predicted octanol–water partition coefficient (Wildman–Crippen LogP) is 1.97. The van der Waals surface area contributed by atoms with E-state index in [4.69, 9.17) is 17.0 Å². The van der Waals surface area contributed by atoms with Gasteiger partial charge in [0.15, 0.2) is 0 Å². The van der Waals surface area contributed by atoms with Gasteiger partial charge in [0.05, 0.1) is 0 Å². The van der Waals surface area contributed by atoms with Gasteiger partial charge in [0, 0.05) is 14.1 Å². The Hall–Kier alpha value is -1.24. The van der Waals surface area contributed by atoms with E-state index in [9.17, 15) is 12.9 Å². The highest BCUT2D eigenvalue weighted by molar-refractivity contribution is 7.80. The van der Waals surface area contributed by atoms with Gasteiger partial charge in [-0.3, -0.25) is 0 Å². The summed E-state index contributed by atoms with van der Waals surface area (Å²) in [6.07, 6.45) is 0. The van der Waals surface area contributed by atoms with E-state index in [-0.39, 0.29) is 5.17 Å². The van der Waals surface area contributed by atoms with Crippen molar-refractivity contribution >= 4 is 29.8 Å². The summed E-state index contributed by atoms with van der Waals surface area (Å²) in [4.78, 5) is 1.55. The van der Waals surface area contributed by atoms with Crippen LogP contribution in [0, 0.1) is 0 Å². The molecule has 0 aromatic heterocycles. The van der Waals surface area contributed by atoms with Gasteiger partial charge in [0.25, 0.3) is 5.17 Å². The number of hydrogen-bond donors (Lipinski definition) is 0. The number of hydrogen-bond acceptors (Lipinski definition) is 2. The maximum absolute atomic E-state index is 12.3. The molecule has 1 rings (SSSR count). The first-order valence-electron chi connectivity index (χ1n) is 4.50. The fourth-order valence-corrected chi connectivity index (χ4v) is 1.04. The number of rotatable bonds is 2. The largest absolute Gasteiger partial charge is 0.509 e. The first-order chi connectivity index (χ1) is 7.30. The van der Waals surface area contributed by atoms with Crippen LogP contribution in [0.5, 0.6) is 5.75 Å². The second kappa shape index (κ2) is 4.73. The van der Waals surface area contributed by atoms with Crippen LogP contribution < -0.4 is 10.2 Å². The van der Waals surface area contributed by atoms with E-state index in [0.717, 1.165) is 12.1 Å². The Balaban J connectivity index is 2.76. The molecule has 0 fully saturated rings. The van der Waals surface area contributed by atoms with E-state index < -0.39 is 12.4 Å². The molecule has 0 unspecified atom stereocenters. The lowest BCUT2D eigenvalue weighted by molar-refractivity contribution is 0.449. The Bertz CT molecular complexity index is 377. The summed E-state index contributed by atoms with van der Waals surface area (Å²) in [5, 5.41) is 0.199. The minimum atomic E-state index is -4.96. The molecule has 2 nitrogen and oxygen atoms in total. The SMILES string of the molecule is CN(C)C(=S)Oc1ccc([B-](F)(F)F)cc1. The lowest BCUT2D eigenvalue weighted by Crippen LogP contribution is -2.33. The Morgan fingerprint density at radius 1 is 1.19 bits per heavy atom. The number of benzene rings is 1. The second-order valence-electron chi connectivity index (χ2n) is 3.41. The van der Waals surface area contributed by atoms with Crippen LogP contribution in [0.15, 0.2) is 24.3 Å². The molecular weight excluding hydrogens is 238 g/mol. The molecule has 0 amide bonds. The van der Waals surface area contributed by atoms with Crippen LogP contribution >= 0.6 is 12.2 Å². The predicted molar refractivity (Wildman–Crippen MR) is 62.1 cm³/mol. The van der Waals surface area contributed by atoms with Gasteiger partial charge >= 0.3 is 6.98 Å². The molecule has 0 saturated carbocycles. The van der Waals surface area contributed by atoms with Gasteiger partial charge in [-0.25, -0.2) is 0 Å². The number of thiocarbonyl (C=S) groups is 1. The highest BCUT2D eigenvalue weighted by Crippen LogP contribution is 2.14. The molecule has 0 spiro atoms. The van der Waals surface area contributed by atoms with Crippen LogP contribution in [0.1, 0.15) is 0 Å². The van der Waals surface area contributed by atoms with Gasteiger partial charge in [-0.1, -0.05) is 12.1 Å². The molecule has 0 radical (unpaired) electrons. The van der Waals surface area contributed by atoms with Crippen LogP contribution in [-0.4, -0.2) is 31.1 Å². The zero-order valence-electron chi connectivity index (χ0n) is 8.78. The molecule has 0 heterocycles. The second-order valence-corrected chi connectivity index (χ2v) is 3.76. The number of halogens is 3. The van der Waals surface area contributed by atoms with Crippen molar-refractivity contribution in [1.29, 1.82) is 0 Å². The fourth-order valence-electron chi connectivity index (χ4n) is 0.946. The molecule has 0 aliphatic carbocycles. The molecule has 1 aromatic carbocycles. The van der Waals surface area contributed by atoms with Crippen molar-refractivity contribution in [2.75, 3.05) is 14.1 Å². The third-order valence-corrected chi connectivity index (χ3v) is 2.28. The minimum Gasteiger partial charge on any atom is -0.445 e. The Morgan fingerprint density at radius 3 is 2.06 bits per heavy atom. The molecule has 16 heavy (non-hydrogen) atoms. The zero-order valence-corrected chi connectivity index (χ0v) is 9.60. The van der Waals surface area contributed by atoms with E-state index in [1.54, 1.807) is 19.0 Å². The van der Waals surface area contributed by atoms with Crippen molar-refractivity contribution in [2.45, 2.75) is 0 Å². The Labute approximate surface area is 97.1 Å². The van der Waals surface area contributed by atoms with Gasteiger partial charge < -0.3 is 22.6 Å². The van der Waals surface area contributed by atoms with Gasteiger partial charge in [-0.2, -0.15) is 0 Å². The Morgan fingerprint density at radius 2 is 1.69 bits per heavy atom. The minimum absolute atomic E-state index is 0.199. The molecule has 0 aliphatic heterocycles. The van der Waals surface area contributed by atoms with Crippen molar-refractivity contribution in [1.82, 2.24) is 4.90 Å². The summed E-state index contributed by atoms with van der Waals surface area (Å²) in [6, 6.07) is 4.46. The van der Waals surface area contributed by atoms with Crippen molar-refractivity contribution in [2.24, 2.45) is 0 Å². The average molecular weight is 248 g/mol. The number of nitrogens with zero attached hydrogens (tertiary/aromatic N) is 1. The van der Waals surface area contributed by atoms with Crippen LogP contribution in [0.4, 0.5) is 12.9 Å². The zero-order chi connectivity index (χ0) is 12.3. The molecule has 0 saturated heterocycles. The first kappa shape index (κ1) is 12.8. The molecule has 1 aromatic rings. The summed E-state index contributed by atoms with van der Waals surface area (Å²) >= 11 is 4.85. The Kier molecular flexibility index (Phi) is 3.80. The maximum atomic E-state index is 12.3. The van der Waals surface area contributed by atoms with E-state index in [1.165, 1.54) is 12.1 Å². The third kappa shape index (κ3) is 3.41. The maximum Gasteiger partial charge on any atom is 0.509 e.